The molecule has 1 aromatic heterocycles. The molecule has 1 aromatic carbocycles. The number of benzene rings is 1. The minimum atomic E-state index is -0.449. The zero-order valence-electron chi connectivity index (χ0n) is 14.6. The Bertz CT molecular complexity index is 681. The second-order valence-electron chi connectivity index (χ2n) is 6.53. The van der Waals surface area contributed by atoms with Gasteiger partial charge >= 0.3 is 6.01 Å². The van der Waals surface area contributed by atoms with Gasteiger partial charge < -0.3 is 19.4 Å². The Morgan fingerprint density at radius 1 is 1.20 bits per heavy atom. The molecule has 0 saturated carbocycles. The third-order valence-electron chi connectivity index (χ3n) is 3.99. The normalized spacial score (nSPS) is 16.0. The third kappa shape index (κ3) is 4.57. The summed E-state index contributed by atoms with van der Waals surface area (Å²) in [5.74, 6) is 0.641. The second kappa shape index (κ2) is 8.11. The van der Waals surface area contributed by atoms with Gasteiger partial charge in [-0.05, 0) is 11.5 Å². The monoisotopic (exact) mass is 344 g/mol. The van der Waals surface area contributed by atoms with Crippen molar-refractivity contribution in [2.45, 2.75) is 26.3 Å². The molecule has 1 N–H and O–H groups in total. The number of anilines is 1. The molecule has 1 saturated heterocycles. The minimum Gasteiger partial charge on any atom is -0.405 e. The van der Waals surface area contributed by atoms with E-state index in [1.165, 1.54) is 0 Å². The van der Waals surface area contributed by atoms with Gasteiger partial charge in [0.05, 0.1) is 13.2 Å². The summed E-state index contributed by atoms with van der Waals surface area (Å²) >= 11 is 0. The van der Waals surface area contributed by atoms with Crippen LogP contribution in [-0.2, 0) is 9.53 Å². The standard InChI is InChI=1S/C18H24N4O3/c1-13(2)12-15(23)19-16(14-6-4-3-5-7-14)17-20-21-18(25-17)22-8-10-24-11-9-22/h3-7,13,16H,8-12H2,1-2H3,(H,19,23)/t16-/m0/s1. The van der Waals surface area contributed by atoms with Crippen molar-refractivity contribution in [3.8, 4) is 0 Å². The number of carbonyl (C=O) groups is 1. The Balaban J connectivity index is 1.81. The molecule has 0 bridgehead atoms. The van der Waals surface area contributed by atoms with Gasteiger partial charge in [-0.25, -0.2) is 0 Å². The Hall–Kier alpha value is -2.41. The molecule has 0 aliphatic carbocycles. The van der Waals surface area contributed by atoms with Gasteiger partial charge in [0.2, 0.25) is 11.8 Å². The fourth-order valence-corrected chi connectivity index (χ4v) is 2.75. The van der Waals surface area contributed by atoms with Crippen LogP contribution in [-0.4, -0.2) is 42.4 Å². The highest BCUT2D eigenvalue weighted by Gasteiger charge is 2.25. The predicted octanol–water partition coefficient (Wildman–Crippen LogP) is 2.16. The van der Waals surface area contributed by atoms with Crippen molar-refractivity contribution < 1.29 is 13.9 Å². The van der Waals surface area contributed by atoms with Gasteiger partial charge in [-0.1, -0.05) is 49.3 Å². The molecule has 134 valence electrons. The highest BCUT2D eigenvalue weighted by Crippen LogP contribution is 2.24. The second-order valence-corrected chi connectivity index (χ2v) is 6.53. The summed E-state index contributed by atoms with van der Waals surface area (Å²) in [5.41, 5.74) is 0.914. The van der Waals surface area contributed by atoms with E-state index in [-0.39, 0.29) is 11.8 Å². The van der Waals surface area contributed by atoms with Crippen molar-refractivity contribution in [3.63, 3.8) is 0 Å². The van der Waals surface area contributed by atoms with Crippen LogP contribution in [0.5, 0.6) is 0 Å². The maximum Gasteiger partial charge on any atom is 0.318 e. The molecule has 7 heteroatoms. The molecule has 7 nitrogen and oxygen atoms in total. The van der Waals surface area contributed by atoms with Crippen molar-refractivity contribution in [3.05, 3.63) is 41.8 Å². The first-order valence-electron chi connectivity index (χ1n) is 8.64. The maximum atomic E-state index is 12.3. The third-order valence-corrected chi connectivity index (χ3v) is 3.99. The fraction of sp³-hybridized carbons (Fsp3) is 0.500. The molecular formula is C18H24N4O3. The molecule has 2 aromatic rings. The van der Waals surface area contributed by atoms with Crippen molar-refractivity contribution in [1.82, 2.24) is 15.5 Å². The van der Waals surface area contributed by atoms with Crippen molar-refractivity contribution in [2.75, 3.05) is 31.2 Å². The summed E-state index contributed by atoms with van der Waals surface area (Å²) in [6.07, 6.45) is 0.452. The average molecular weight is 344 g/mol. The molecule has 1 aliphatic rings. The molecular weight excluding hydrogens is 320 g/mol. The van der Waals surface area contributed by atoms with Crippen molar-refractivity contribution in [1.29, 1.82) is 0 Å². The molecule has 1 atom stereocenters. The van der Waals surface area contributed by atoms with Crippen LogP contribution in [0.4, 0.5) is 6.01 Å². The van der Waals surface area contributed by atoms with E-state index in [2.05, 4.69) is 15.5 Å². The number of aromatic nitrogens is 2. The van der Waals surface area contributed by atoms with E-state index in [1.54, 1.807) is 0 Å². The van der Waals surface area contributed by atoms with E-state index in [0.29, 0.717) is 31.5 Å². The van der Waals surface area contributed by atoms with Crippen LogP contribution in [0.1, 0.15) is 37.8 Å². The van der Waals surface area contributed by atoms with Crippen LogP contribution in [0.2, 0.25) is 0 Å². The molecule has 1 fully saturated rings. The molecule has 1 aliphatic heterocycles. The number of hydrogen-bond donors (Lipinski definition) is 1. The minimum absolute atomic E-state index is 0.0324. The van der Waals surface area contributed by atoms with Gasteiger partial charge in [0.25, 0.3) is 0 Å². The van der Waals surface area contributed by atoms with E-state index >= 15 is 0 Å². The summed E-state index contributed by atoms with van der Waals surface area (Å²) in [4.78, 5) is 14.3. The number of hydrogen-bond acceptors (Lipinski definition) is 6. The van der Waals surface area contributed by atoms with Crippen LogP contribution >= 0.6 is 0 Å². The van der Waals surface area contributed by atoms with Gasteiger partial charge in [0.1, 0.15) is 6.04 Å². The Morgan fingerprint density at radius 2 is 1.92 bits per heavy atom. The molecule has 2 heterocycles. The quantitative estimate of drug-likeness (QED) is 0.865. The van der Waals surface area contributed by atoms with Gasteiger partial charge in [-0.2, -0.15) is 0 Å². The number of rotatable bonds is 6. The number of nitrogens with one attached hydrogen (secondary N) is 1. The first-order valence-corrected chi connectivity index (χ1v) is 8.64. The van der Waals surface area contributed by atoms with Crippen LogP contribution in [0.25, 0.3) is 0 Å². The Morgan fingerprint density at radius 3 is 2.60 bits per heavy atom. The zero-order chi connectivity index (χ0) is 17.6. The lowest BCUT2D eigenvalue weighted by Gasteiger charge is -2.24. The Labute approximate surface area is 147 Å². The first-order chi connectivity index (χ1) is 12.1. The van der Waals surface area contributed by atoms with Crippen LogP contribution in [0, 0.1) is 5.92 Å². The maximum absolute atomic E-state index is 12.3. The van der Waals surface area contributed by atoms with Gasteiger partial charge in [-0.15, -0.1) is 5.10 Å². The number of morpholine rings is 1. The van der Waals surface area contributed by atoms with Gasteiger partial charge in [0.15, 0.2) is 0 Å². The number of carbonyl (C=O) groups excluding carboxylic acids is 1. The highest BCUT2D eigenvalue weighted by atomic mass is 16.5. The summed E-state index contributed by atoms with van der Waals surface area (Å²) in [6.45, 7) is 6.76. The average Bonchev–Trinajstić information content (AvgIpc) is 3.10. The molecule has 3 rings (SSSR count). The lowest BCUT2D eigenvalue weighted by atomic mass is 10.1. The number of amides is 1. The molecule has 0 radical (unpaired) electrons. The van der Waals surface area contributed by atoms with Crippen LogP contribution < -0.4 is 10.2 Å². The summed E-state index contributed by atoms with van der Waals surface area (Å²) in [7, 11) is 0. The van der Waals surface area contributed by atoms with Crippen molar-refractivity contribution in [2.24, 2.45) is 5.92 Å². The number of ether oxygens (including phenoxy) is 1. The van der Waals surface area contributed by atoms with E-state index < -0.39 is 6.04 Å². The van der Waals surface area contributed by atoms with Gasteiger partial charge in [-0.3, -0.25) is 4.79 Å². The van der Waals surface area contributed by atoms with E-state index in [4.69, 9.17) is 9.15 Å². The predicted molar refractivity (Wildman–Crippen MR) is 93.2 cm³/mol. The Kier molecular flexibility index (Phi) is 5.65. The van der Waals surface area contributed by atoms with Crippen molar-refractivity contribution >= 4 is 11.9 Å². The lowest BCUT2D eigenvalue weighted by Crippen LogP contribution is -2.36. The van der Waals surface area contributed by atoms with E-state index in [1.807, 2.05) is 49.1 Å². The molecule has 0 unspecified atom stereocenters. The molecule has 25 heavy (non-hydrogen) atoms. The summed E-state index contributed by atoms with van der Waals surface area (Å²) < 4.78 is 11.2. The largest absolute Gasteiger partial charge is 0.405 e. The summed E-state index contributed by atoms with van der Waals surface area (Å²) in [6, 6.07) is 9.69. The lowest BCUT2D eigenvalue weighted by molar-refractivity contribution is -0.122. The zero-order valence-corrected chi connectivity index (χ0v) is 14.6. The first kappa shape index (κ1) is 17.4. The fourth-order valence-electron chi connectivity index (χ4n) is 2.75. The van der Waals surface area contributed by atoms with Crippen LogP contribution in [0.3, 0.4) is 0 Å². The molecule has 1 amide bonds. The van der Waals surface area contributed by atoms with Gasteiger partial charge in [0, 0.05) is 19.5 Å². The SMILES string of the molecule is CC(C)CC(=O)N[C@@H](c1ccccc1)c1nnc(N2CCOCC2)o1. The van der Waals surface area contributed by atoms with E-state index in [0.717, 1.165) is 18.7 Å². The molecule has 0 spiro atoms. The topological polar surface area (TPSA) is 80.5 Å². The van der Waals surface area contributed by atoms with Crippen LogP contribution in [0.15, 0.2) is 34.7 Å². The number of nitrogens with zero attached hydrogens (tertiary/aromatic N) is 3. The highest BCUT2D eigenvalue weighted by molar-refractivity contribution is 5.77. The smallest absolute Gasteiger partial charge is 0.318 e. The summed E-state index contributed by atoms with van der Waals surface area (Å²) in [5, 5.41) is 11.4. The van der Waals surface area contributed by atoms with E-state index in [9.17, 15) is 4.79 Å².